The summed E-state index contributed by atoms with van der Waals surface area (Å²) in [6.45, 7) is 7.52. The van der Waals surface area contributed by atoms with Crippen molar-refractivity contribution in [2.75, 3.05) is 16.3 Å². The van der Waals surface area contributed by atoms with Crippen LogP contribution in [-0.4, -0.2) is 18.6 Å². The summed E-state index contributed by atoms with van der Waals surface area (Å²) >= 11 is 5.96. The van der Waals surface area contributed by atoms with E-state index in [0.29, 0.717) is 17.1 Å². The zero-order valence-electron chi connectivity index (χ0n) is 18.2. The van der Waals surface area contributed by atoms with Crippen LogP contribution in [0.2, 0.25) is 5.02 Å². The van der Waals surface area contributed by atoms with Crippen molar-refractivity contribution in [3.8, 4) is 0 Å². The lowest BCUT2D eigenvalue weighted by molar-refractivity contribution is 0.0997. The van der Waals surface area contributed by atoms with Crippen LogP contribution in [0.4, 0.5) is 11.4 Å². The van der Waals surface area contributed by atoms with Crippen LogP contribution >= 0.6 is 11.6 Å². The summed E-state index contributed by atoms with van der Waals surface area (Å²) in [4.78, 5) is 17.0. The van der Waals surface area contributed by atoms with Crippen molar-refractivity contribution in [2.45, 2.75) is 39.0 Å². The average Bonchev–Trinajstić information content (AvgIpc) is 3.00. The Morgan fingerprint density at radius 2 is 1.48 bits per heavy atom. The first kappa shape index (κ1) is 21.4. The van der Waals surface area contributed by atoms with Gasteiger partial charge in [-0.3, -0.25) is 10.5 Å². The van der Waals surface area contributed by atoms with E-state index in [2.05, 4.69) is 56.0 Å². The number of halogens is 1. The molecule has 31 heavy (non-hydrogen) atoms. The second-order valence-electron chi connectivity index (χ2n) is 9.04. The molecule has 0 amide bonds. The van der Waals surface area contributed by atoms with E-state index >= 15 is 0 Å². The third-order valence-electron chi connectivity index (χ3n) is 5.79. The minimum absolute atomic E-state index is 0.0123. The number of benzene rings is 3. The van der Waals surface area contributed by atoms with Crippen LogP contribution in [0.5, 0.6) is 0 Å². The number of fused-ring (bicyclic) bond motifs is 1. The summed E-state index contributed by atoms with van der Waals surface area (Å²) in [5.74, 6) is 0.0123. The van der Waals surface area contributed by atoms with Crippen LogP contribution in [0.1, 0.15) is 42.3 Å². The fraction of sp³-hybridized carbons (Fsp3) is 0.269. The average molecular weight is 434 g/mol. The zero-order valence-corrected chi connectivity index (χ0v) is 18.9. The number of rotatable bonds is 5. The van der Waals surface area contributed by atoms with E-state index in [0.717, 1.165) is 11.4 Å². The number of carbonyl (C=O) groups is 1. The van der Waals surface area contributed by atoms with Crippen molar-refractivity contribution >= 4 is 28.8 Å². The molecular weight excluding hydrogens is 406 g/mol. The van der Waals surface area contributed by atoms with Crippen molar-refractivity contribution < 1.29 is 4.79 Å². The van der Waals surface area contributed by atoms with E-state index in [1.54, 1.807) is 24.3 Å². The first-order valence-corrected chi connectivity index (χ1v) is 10.9. The highest BCUT2D eigenvalue weighted by Crippen LogP contribution is 2.39. The molecule has 1 atom stereocenters. The van der Waals surface area contributed by atoms with Crippen molar-refractivity contribution in [3.05, 3.63) is 94.5 Å². The van der Waals surface area contributed by atoms with Crippen LogP contribution in [0.15, 0.2) is 72.8 Å². The van der Waals surface area contributed by atoms with E-state index in [9.17, 15) is 4.79 Å². The number of nitrogens with two attached hydrogens (primary N) is 1. The van der Waals surface area contributed by atoms with Crippen molar-refractivity contribution in [1.29, 1.82) is 0 Å². The molecule has 1 aliphatic rings. The molecule has 0 radical (unpaired) electrons. The summed E-state index contributed by atoms with van der Waals surface area (Å²) < 4.78 is 0. The highest BCUT2D eigenvalue weighted by molar-refractivity contribution is 6.30. The van der Waals surface area contributed by atoms with Crippen molar-refractivity contribution in [1.82, 2.24) is 0 Å². The second-order valence-corrected chi connectivity index (χ2v) is 9.47. The highest BCUT2D eigenvalue weighted by Gasteiger charge is 2.34. The number of para-hydroxylation sites is 2. The SMILES string of the molecule is CC(C)(C)c1ccc(CN2c3ccccc3N(CC(=O)c3ccc(Cl)cc3)C2N)cc1. The maximum absolute atomic E-state index is 12.9. The second kappa shape index (κ2) is 8.37. The van der Waals surface area contributed by atoms with Crippen LogP contribution < -0.4 is 15.5 Å². The molecule has 0 aromatic heterocycles. The Bertz CT molecular complexity index is 1070. The molecule has 5 heteroatoms. The van der Waals surface area contributed by atoms with Gasteiger partial charge >= 0.3 is 0 Å². The Balaban J connectivity index is 1.56. The molecule has 1 heterocycles. The predicted molar refractivity (Wildman–Crippen MR) is 129 cm³/mol. The Morgan fingerprint density at radius 1 is 0.903 bits per heavy atom. The lowest BCUT2D eigenvalue weighted by Crippen LogP contribution is -2.51. The molecule has 3 aromatic carbocycles. The zero-order chi connectivity index (χ0) is 22.2. The van der Waals surface area contributed by atoms with Crippen LogP contribution in [0.25, 0.3) is 0 Å². The monoisotopic (exact) mass is 433 g/mol. The molecule has 0 aliphatic carbocycles. The Hall–Kier alpha value is -2.82. The molecule has 4 nitrogen and oxygen atoms in total. The van der Waals surface area contributed by atoms with Crippen molar-refractivity contribution in [2.24, 2.45) is 5.73 Å². The van der Waals surface area contributed by atoms with Crippen LogP contribution in [0, 0.1) is 0 Å². The van der Waals surface area contributed by atoms with Gasteiger partial charge in [-0.05, 0) is 52.9 Å². The lowest BCUT2D eigenvalue weighted by atomic mass is 9.87. The van der Waals surface area contributed by atoms with Gasteiger partial charge in [-0.2, -0.15) is 0 Å². The Kier molecular flexibility index (Phi) is 5.78. The number of ketones is 1. The Labute approximate surface area is 189 Å². The maximum Gasteiger partial charge on any atom is 0.182 e. The summed E-state index contributed by atoms with van der Waals surface area (Å²) in [6.07, 6.45) is -0.420. The third kappa shape index (κ3) is 4.46. The largest absolute Gasteiger partial charge is 0.333 e. The van der Waals surface area contributed by atoms with Crippen LogP contribution in [0.3, 0.4) is 0 Å². The molecule has 160 valence electrons. The Morgan fingerprint density at radius 3 is 2.06 bits per heavy atom. The number of nitrogens with zero attached hydrogens (tertiary/aromatic N) is 2. The highest BCUT2D eigenvalue weighted by atomic mass is 35.5. The van der Waals surface area contributed by atoms with Gasteiger partial charge < -0.3 is 9.80 Å². The molecule has 4 rings (SSSR count). The number of hydrogen-bond acceptors (Lipinski definition) is 4. The summed E-state index contributed by atoms with van der Waals surface area (Å²) in [5.41, 5.74) is 11.9. The summed E-state index contributed by atoms with van der Waals surface area (Å²) in [7, 11) is 0. The number of anilines is 2. The molecule has 0 spiro atoms. The van der Waals surface area contributed by atoms with E-state index < -0.39 is 6.29 Å². The molecule has 1 unspecified atom stereocenters. The molecule has 2 N–H and O–H groups in total. The summed E-state index contributed by atoms with van der Waals surface area (Å²) in [5, 5.41) is 0.614. The molecule has 0 saturated heterocycles. The van der Waals surface area contributed by atoms with E-state index in [-0.39, 0.29) is 17.7 Å². The molecule has 0 bridgehead atoms. The first-order valence-electron chi connectivity index (χ1n) is 10.5. The molecule has 1 aliphatic heterocycles. The topological polar surface area (TPSA) is 49.6 Å². The fourth-order valence-corrected chi connectivity index (χ4v) is 4.08. The predicted octanol–water partition coefficient (Wildman–Crippen LogP) is 5.59. The minimum Gasteiger partial charge on any atom is -0.333 e. The van der Waals surface area contributed by atoms with Gasteiger partial charge in [-0.25, -0.2) is 0 Å². The first-order chi connectivity index (χ1) is 14.7. The van der Waals surface area contributed by atoms with Gasteiger partial charge in [0.25, 0.3) is 0 Å². The number of hydrogen-bond donors (Lipinski definition) is 1. The smallest absolute Gasteiger partial charge is 0.182 e. The van der Waals surface area contributed by atoms with Gasteiger partial charge in [-0.1, -0.05) is 68.8 Å². The van der Waals surface area contributed by atoms with Crippen LogP contribution in [-0.2, 0) is 12.0 Å². The molecule has 0 fully saturated rings. The maximum atomic E-state index is 12.9. The number of Topliss-reactive ketones (excluding diaryl/α,β-unsaturated/α-hetero) is 1. The normalized spacial score (nSPS) is 15.8. The van der Waals surface area contributed by atoms with Gasteiger partial charge in [0.15, 0.2) is 12.1 Å². The van der Waals surface area contributed by atoms with Crippen molar-refractivity contribution in [3.63, 3.8) is 0 Å². The standard InChI is InChI=1S/C26H28ClN3O/c1-26(2,3)20-12-8-18(9-13-20)16-29-22-6-4-5-7-23(22)30(25(29)28)17-24(31)19-10-14-21(27)15-11-19/h4-15,25H,16-17,28H2,1-3H3. The van der Waals surface area contributed by atoms with Gasteiger partial charge in [-0.15, -0.1) is 0 Å². The van der Waals surface area contributed by atoms with Gasteiger partial charge in [0.2, 0.25) is 0 Å². The van der Waals surface area contributed by atoms with E-state index in [1.807, 2.05) is 23.1 Å². The molecule has 3 aromatic rings. The lowest BCUT2D eigenvalue weighted by Gasteiger charge is -2.29. The van der Waals surface area contributed by atoms with Gasteiger partial charge in [0.1, 0.15) is 0 Å². The summed E-state index contributed by atoms with van der Waals surface area (Å²) in [6, 6.07) is 23.8. The van der Waals surface area contributed by atoms with E-state index in [4.69, 9.17) is 17.3 Å². The minimum atomic E-state index is -0.420. The third-order valence-corrected chi connectivity index (χ3v) is 6.04. The van der Waals surface area contributed by atoms with Gasteiger partial charge in [0.05, 0.1) is 17.9 Å². The van der Waals surface area contributed by atoms with Gasteiger partial charge in [0, 0.05) is 17.1 Å². The quantitative estimate of drug-likeness (QED) is 0.533. The fourth-order valence-electron chi connectivity index (χ4n) is 3.95. The molecular formula is C26H28ClN3O. The molecule has 0 saturated carbocycles. The number of carbonyl (C=O) groups excluding carboxylic acids is 1. The van der Waals surface area contributed by atoms with E-state index in [1.165, 1.54) is 11.1 Å².